The lowest BCUT2D eigenvalue weighted by Gasteiger charge is -2.07. The molecule has 5 nitrogen and oxygen atoms in total. The molecule has 0 spiro atoms. The second kappa shape index (κ2) is 8.41. The lowest BCUT2D eigenvalue weighted by atomic mass is 10.1. The number of ether oxygens (including phenoxy) is 1. The Bertz CT molecular complexity index is 1180. The third-order valence-electron chi connectivity index (χ3n) is 4.86. The minimum Gasteiger partial charge on any atom is -0.494 e. The van der Waals surface area contributed by atoms with E-state index in [1.54, 1.807) is 24.3 Å². The van der Waals surface area contributed by atoms with Gasteiger partial charge in [-0.15, -0.1) is 0 Å². The molecule has 1 N–H and O–H groups in total. The van der Waals surface area contributed by atoms with Gasteiger partial charge in [0.05, 0.1) is 6.61 Å². The quantitative estimate of drug-likeness (QED) is 0.452. The van der Waals surface area contributed by atoms with Gasteiger partial charge in [-0.2, -0.15) is 0 Å². The highest BCUT2D eigenvalue weighted by Gasteiger charge is 2.10. The minimum absolute atomic E-state index is 0.157. The molecule has 4 rings (SSSR count). The Hall–Kier alpha value is -3.60. The monoisotopic (exact) mass is 400 g/mol. The van der Waals surface area contributed by atoms with Gasteiger partial charge in [0.1, 0.15) is 11.3 Å². The van der Waals surface area contributed by atoms with E-state index < -0.39 is 0 Å². The molecule has 4 aromatic rings. The van der Waals surface area contributed by atoms with Crippen LogP contribution in [0.1, 0.15) is 39.9 Å². The number of rotatable bonds is 6. The first kappa shape index (κ1) is 19.7. The Morgan fingerprint density at radius 1 is 1.03 bits per heavy atom. The van der Waals surface area contributed by atoms with Gasteiger partial charge < -0.3 is 14.5 Å². The number of fused-ring (bicyclic) bond motifs is 1. The third kappa shape index (κ3) is 4.35. The van der Waals surface area contributed by atoms with Crippen LogP contribution < -0.4 is 10.1 Å². The zero-order valence-corrected chi connectivity index (χ0v) is 17.4. The first-order valence-corrected chi connectivity index (χ1v) is 10.0. The molecule has 0 aliphatic carbocycles. The lowest BCUT2D eigenvalue weighted by molar-refractivity contribution is 0.102. The second-order valence-electron chi connectivity index (χ2n) is 7.32. The molecule has 0 aliphatic rings. The zero-order valence-electron chi connectivity index (χ0n) is 17.4. The molecule has 1 aromatic heterocycles. The molecule has 152 valence electrons. The van der Waals surface area contributed by atoms with Crippen molar-refractivity contribution in [2.75, 3.05) is 11.9 Å². The van der Waals surface area contributed by atoms with Crippen molar-refractivity contribution >= 4 is 22.7 Å². The fourth-order valence-corrected chi connectivity index (χ4v) is 3.45. The van der Waals surface area contributed by atoms with Crippen LogP contribution in [0.3, 0.4) is 0 Å². The van der Waals surface area contributed by atoms with Crippen molar-refractivity contribution < 1.29 is 13.9 Å². The summed E-state index contributed by atoms with van der Waals surface area (Å²) in [5.41, 5.74) is 6.39. The van der Waals surface area contributed by atoms with Crippen LogP contribution in [0.25, 0.3) is 11.1 Å². The molecule has 3 aromatic carbocycles. The highest BCUT2D eigenvalue weighted by atomic mass is 16.5. The summed E-state index contributed by atoms with van der Waals surface area (Å²) in [5.74, 6) is 1.28. The number of amides is 1. The van der Waals surface area contributed by atoms with Crippen molar-refractivity contribution in [2.45, 2.75) is 27.2 Å². The number of benzene rings is 3. The molecular weight excluding hydrogens is 376 g/mol. The van der Waals surface area contributed by atoms with E-state index in [0.717, 1.165) is 33.7 Å². The summed E-state index contributed by atoms with van der Waals surface area (Å²) in [6, 6.07) is 19.0. The lowest BCUT2D eigenvalue weighted by Crippen LogP contribution is -2.11. The van der Waals surface area contributed by atoms with Crippen LogP contribution in [0, 0.1) is 13.8 Å². The fourth-order valence-electron chi connectivity index (χ4n) is 3.45. The van der Waals surface area contributed by atoms with E-state index >= 15 is 0 Å². The van der Waals surface area contributed by atoms with Crippen molar-refractivity contribution in [3.8, 4) is 5.75 Å². The van der Waals surface area contributed by atoms with E-state index in [9.17, 15) is 4.79 Å². The van der Waals surface area contributed by atoms with Gasteiger partial charge in [-0.05, 0) is 79.9 Å². The Labute approximate surface area is 175 Å². The van der Waals surface area contributed by atoms with Crippen molar-refractivity contribution in [3.05, 3.63) is 88.8 Å². The molecule has 0 saturated heterocycles. The summed E-state index contributed by atoms with van der Waals surface area (Å²) in [5, 5.41) is 2.92. The van der Waals surface area contributed by atoms with Gasteiger partial charge in [0.2, 0.25) is 0 Å². The maximum Gasteiger partial charge on any atom is 0.255 e. The Balaban J connectivity index is 1.42. The number of aryl methyl sites for hydroxylation is 2. The van der Waals surface area contributed by atoms with Crippen LogP contribution in [0.5, 0.6) is 5.75 Å². The summed E-state index contributed by atoms with van der Waals surface area (Å²) in [7, 11) is 0. The van der Waals surface area contributed by atoms with Crippen molar-refractivity contribution in [1.82, 2.24) is 4.98 Å². The largest absolute Gasteiger partial charge is 0.494 e. The van der Waals surface area contributed by atoms with Gasteiger partial charge >= 0.3 is 0 Å². The fraction of sp³-hybridized carbons (Fsp3) is 0.200. The summed E-state index contributed by atoms with van der Waals surface area (Å²) in [6.07, 6.45) is 0.598. The number of hydrogen-bond acceptors (Lipinski definition) is 4. The summed E-state index contributed by atoms with van der Waals surface area (Å²) in [4.78, 5) is 17.1. The number of aromatic nitrogens is 1. The van der Waals surface area contributed by atoms with Gasteiger partial charge in [0.25, 0.3) is 5.91 Å². The number of anilines is 1. The topological polar surface area (TPSA) is 64.4 Å². The summed E-state index contributed by atoms with van der Waals surface area (Å²) in [6.45, 7) is 6.62. The number of nitrogens with one attached hydrogen (secondary N) is 1. The predicted molar refractivity (Wildman–Crippen MR) is 118 cm³/mol. The standard InChI is InChI=1S/C25H24N2O3/c1-4-29-21-11-7-19(8-12-21)25(28)26-20-9-5-18(6-10-20)15-23-27-22-14-16(2)13-17(3)24(22)30-23/h5-14H,4,15H2,1-3H3,(H,26,28). The third-order valence-corrected chi connectivity index (χ3v) is 4.86. The van der Waals surface area contributed by atoms with Gasteiger partial charge in [0, 0.05) is 17.7 Å². The number of hydrogen-bond donors (Lipinski definition) is 1. The van der Waals surface area contributed by atoms with Crippen LogP contribution in [-0.4, -0.2) is 17.5 Å². The van der Waals surface area contributed by atoms with E-state index in [2.05, 4.69) is 23.3 Å². The van der Waals surface area contributed by atoms with E-state index in [0.29, 0.717) is 24.5 Å². The highest BCUT2D eigenvalue weighted by Crippen LogP contribution is 2.23. The number of nitrogens with zero attached hydrogens (tertiary/aromatic N) is 1. The maximum atomic E-state index is 12.4. The van der Waals surface area contributed by atoms with Gasteiger partial charge in [-0.25, -0.2) is 4.98 Å². The molecule has 1 heterocycles. The second-order valence-corrected chi connectivity index (χ2v) is 7.32. The molecule has 0 fully saturated rings. The van der Waals surface area contributed by atoms with E-state index in [1.807, 2.05) is 44.2 Å². The molecule has 0 aliphatic heterocycles. The first-order chi connectivity index (χ1) is 14.5. The average molecular weight is 400 g/mol. The van der Waals surface area contributed by atoms with Crippen molar-refractivity contribution in [1.29, 1.82) is 0 Å². The Morgan fingerprint density at radius 2 is 1.77 bits per heavy atom. The summed E-state index contributed by atoms with van der Waals surface area (Å²) < 4.78 is 11.4. The van der Waals surface area contributed by atoms with Gasteiger partial charge in [-0.1, -0.05) is 18.2 Å². The van der Waals surface area contributed by atoms with Crippen LogP contribution in [0.4, 0.5) is 5.69 Å². The molecule has 0 bridgehead atoms. The Kier molecular flexibility index (Phi) is 5.53. The normalized spacial score (nSPS) is 10.9. The maximum absolute atomic E-state index is 12.4. The average Bonchev–Trinajstić information content (AvgIpc) is 3.13. The summed E-state index contributed by atoms with van der Waals surface area (Å²) >= 11 is 0. The molecule has 0 radical (unpaired) electrons. The van der Waals surface area contributed by atoms with E-state index in [4.69, 9.17) is 9.15 Å². The van der Waals surface area contributed by atoms with Crippen LogP contribution in [0.15, 0.2) is 65.1 Å². The minimum atomic E-state index is -0.157. The van der Waals surface area contributed by atoms with Crippen molar-refractivity contribution in [2.24, 2.45) is 0 Å². The Morgan fingerprint density at radius 3 is 2.47 bits per heavy atom. The molecule has 1 amide bonds. The van der Waals surface area contributed by atoms with Gasteiger partial charge in [-0.3, -0.25) is 4.79 Å². The molecule has 30 heavy (non-hydrogen) atoms. The first-order valence-electron chi connectivity index (χ1n) is 10.0. The van der Waals surface area contributed by atoms with Crippen LogP contribution in [-0.2, 0) is 6.42 Å². The van der Waals surface area contributed by atoms with Crippen LogP contribution in [0.2, 0.25) is 0 Å². The van der Waals surface area contributed by atoms with E-state index in [-0.39, 0.29) is 5.91 Å². The van der Waals surface area contributed by atoms with E-state index in [1.165, 1.54) is 5.56 Å². The highest BCUT2D eigenvalue weighted by molar-refractivity contribution is 6.04. The van der Waals surface area contributed by atoms with Crippen LogP contribution >= 0.6 is 0 Å². The SMILES string of the molecule is CCOc1ccc(C(=O)Nc2ccc(Cc3nc4cc(C)cc(C)c4o3)cc2)cc1. The number of carbonyl (C=O) groups is 1. The smallest absolute Gasteiger partial charge is 0.255 e. The molecule has 5 heteroatoms. The number of carbonyl (C=O) groups excluding carboxylic acids is 1. The van der Waals surface area contributed by atoms with Crippen molar-refractivity contribution in [3.63, 3.8) is 0 Å². The number of oxazole rings is 1. The molecular formula is C25H24N2O3. The molecule has 0 atom stereocenters. The zero-order chi connectivity index (χ0) is 21.1. The molecule has 0 saturated carbocycles. The van der Waals surface area contributed by atoms with Gasteiger partial charge in [0.15, 0.2) is 11.5 Å². The predicted octanol–water partition coefficient (Wildman–Crippen LogP) is 5.69. The molecule has 0 unspecified atom stereocenters.